The summed E-state index contributed by atoms with van der Waals surface area (Å²) in [7, 11) is 0. The van der Waals surface area contributed by atoms with Crippen LogP contribution in [0.3, 0.4) is 0 Å². The lowest BCUT2D eigenvalue weighted by Gasteiger charge is -2.16. The number of carbonyl (C=O) groups excluding carboxylic acids is 1. The van der Waals surface area contributed by atoms with Crippen LogP contribution in [0.4, 0.5) is 9.52 Å². The highest BCUT2D eigenvalue weighted by molar-refractivity contribution is 7.15. The highest BCUT2D eigenvalue weighted by Crippen LogP contribution is 2.22. The topological polar surface area (TPSA) is 98.5 Å². The Balaban J connectivity index is 1.50. The Morgan fingerprint density at radius 1 is 1.10 bits per heavy atom. The number of benzene rings is 2. The number of anilines is 1. The smallest absolute Gasteiger partial charge is 0.251 e. The molecule has 10 heteroatoms. The zero-order valence-electron chi connectivity index (χ0n) is 17.0. The number of rotatable bonds is 7. The minimum atomic E-state index is -0.763. The Hall–Kier alpha value is -3.53. The van der Waals surface area contributed by atoms with Crippen LogP contribution in [0.2, 0.25) is 0 Å². The maximum Gasteiger partial charge on any atom is 0.251 e. The second-order valence-corrected chi connectivity index (χ2v) is 8.24. The van der Waals surface area contributed by atoms with Crippen molar-refractivity contribution in [2.75, 3.05) is 5.32 Å². The molecule has 4 rings (SSSR count). The molecule has 1 atom stereocenters. The number of tetrazole rings is 1. The first kappa shape index (κ1) is 20.7. The molecule has 0 saturated heterocycles. The van der Waals surface area contributed by atoms with Crippen molar-refractivity contribution in [3.63, 3.8) is 0 Å². The third kappa shape index (κ3) is 5.15. The van der Waals surface area contributed by atoms with E-state index in [1.165, 1.54) is 33.7 Å². The van der Waals surface area contributed by atoms with Crippen molar-refractivity contribution in [3.8, 4) is 0 Å². The maximum atomic E-state index is 13.6. The standard InChI is InChI=1S/C21H20FN7OS/c1-13-6-8-15(9-7-13)12-19-25-26-21(31-19)23-20(30)18(29-14(2)24-27-28-29)11-16-4-3-5-17(22)10-16/h3-10,18H,11-12H2,1-2H3,(H,23,26,30). The summed E-state index contributed by atoms with van der Waals surface area (Å²) < 4.78 is 15.1. The first-order valence-electron chi connectivity index (χ1n) is 9.65. The summed E-state index contributed by atoms with van der Waals surface area (Å²) in [6, 6.07) is 13.5. The van der Waals surface area contributed by atoms with Gasteiger partial charge in [0.2, 0.25) is 5.13 Å². The van der Waals surface area contributed by atoms with E-state index in [0.29, 0.717) is 22.9 Å². The fourth-order valence-electron chi connectivity index (χ4n) is 3.15. The van der Waals surface area contributed by atoms with Crippen LogP contribution in [0, 0.1) is 19.7 Å². The number of nitrogens with one attached hydrogen (secondary N) is 1. The van der Waals surface area contributed by atoms with E-state index < -0.39 is 6.04 Å². The number of carbonyl (C=O) groups is 1. The number of aromatic nitrogens is 6. The van der Waals surface area contributed by atoms with E-state index in [1.807, 2.05) is 31.2 Å². The molecule has 0 spiro atoms. The van der Waals surface area contributed by atoms with Crippen LogP contribution in [0.5, 0.6) is 0 Å². The van der Waals surface area contributed by atoms with Gasteiger partial charge in [-0.15, -0.1) is 15.3 Å². The van der Waals surface area contributed by atoms with Gasteiger partial charge < -0.3 is 0 Å². The zero-order valence-corrected chi connectivity index (χ0v) is 17.8. The summed E-state index contributed by atoms with van der Waals surface area (Å²) in [4.78, 5) is 13.1. The molecule has 0 fully saturated rings. The van der Waals surface area contributed by atoms with Crippen LogP contribution in [0.25, 0.3) is 0 Å². The highest BCUT2D eigenvalue weighted by atomic mass is 32.1. The minimum absolute atomic E-state index is 0.227. The van der Waals surface area contributed by atoms with Crippen molar-refractivity contribution in [3.05, 3.63) is 81.9 Å². The van der Waals surface area contributed by atoms with Gasteiger partial charge in [-0.05, 0) is 47.5 Å². The third-order valence-corrected chi connectivity index (χ3v) is 5.58. The number of halogens is 1. The number of aryl methyl sites for hydroxylation is 2. The van der Waals surface area contributed by atoms with Gasteiger partial charge in [-0.25, -0.2) is 9.07 Å². The lowest BCUT2D eigenvalue weighted by molar-refractivity contribution is -0.119. The Morgan fingerprint density at radius 2 is 1.90 bits per heavy atom. The van der Waals surface area contributed by atoms with Crippen molar-refractivity contribution >= 4 is 22.4 Å². The molecule has 0 saturated carbocycles. The molecule has 1 unspecified atom stereocenters. The average Bonchev–Trinajstić information content (AvgIpc) is 3.36. The second-order valence-electron chi connectivity index (χ2n) is 7.17. The fraction of sp³-hybridized carbons (Fsp3) is 0.238. The largest absolute Gasteiger partial charge is 0.299 e. The molecule has 1 N–H and O–H groups in total. The molecule has 8 nitrogen and oxygen atoms in total. The number of nitrogens with zero attached hydrogens (tertiary/aromatic N) is 6. The van der Waals surface area contributed by atoms with Crippen molar-refractivity contribution < 1.29 is 9.18 Å². The molecule has 0 aliphatic heterocycles. The predicted molar refractivity (Wildman–Crippen MR) is 114 cm³/mol. The van der Waals surface area contributed by atoms with E-state index in [4.69, 9.17) is 0 Å². The summed E-state index contributed by atoms with van der Waals surface area (Å²) in [6.45, 7) is 3.74. The molecule has 4 aromatic rings. The molecule has 1 amide bonds. The van der Waals surface area contributed by atoms with Crippen LogP contribution >= 0.6 is 11.3 Å². The Morgan fingerprint density at radius 3 is 2.61 bits per heavy atom. The van der Waals surface area contributed by atoms with Gasteiger partial charge in [-0.1, -0.05) is 53.3 Å². The average molecular weight is 438 g/mol. The molecule has 2 aromatic carbocycles. The van der Waals surface area contributed by atoms with Gasteiger partial charge in [-0.2, -0.15) is 0 Å². The monoisotopic (exact) mass is 437 g/mol. The van der Waals surface area contributed by atoms with E-state index >= 15 is 0 Å². The van der Waals surface area contributed by atoms with Crippen LogP contribution < -0.4 is 5.32 Å². The van der Waals surface area contributed by atoms with E-state index in [0.717, 1.165) is 10.6 Å². The van der Waals surface area contributed by atoms with E-state index in [9.17, 15) is 9.18 Å². The van der Waals surface area contributed by atoms with Gasteiger partial charge in [0.05, 0.1) is 0 Å². The molecular formula is C21H20FN7OS. The van der Waals surface area contributed by atoms with E-state index in [2.05, 4.69) is 31.0 Å². The minimum Gasteiger partial charge on any atom is -0.299 e. The third-order valence-electron chi connectivity index (χ3n) is 4.75. The van der Waals surface area contributed by atoms with Crippen molar-refractivity contribution in [2.24, 2.45) is 0 Å². The summed E-state index contributed by atoms with van der Waals surface area (Å²) in [5, 5.41) is 23.7. The normalized spacial score (nSPS) is 12.0. The van der Waals surface area contributed by atoms with Crippen LogP contribution in [-0.4, -0.2) is 36.3 Å². The summed E-state index contributed by atoms with van der Waals surface area (Å²) in [5.74, 6) is -0.235. The maximum absolute atomic E-state index is 13.6. The van der Waals surface area contributed by atoms with Gasteiger partial charge in [-0.3, -0.25) is 10.1 Å². The quantitative estimate of drug-likeness (QED) is 0.476. The Bertz CT molecular complexity index is 1190. The fourth-order valence-corrected chi connectivity index (χ4v) is 3.93. The van der Waals surface area contributed by atoms with Gasteiger partial charge in [0.25, 0.3) is 5.91 Å². The molecule has 0 radical (unpaired) electrons. The predicted octanol–water partition coefficient (Wildman–Crippen LogP) is 3.29. The molecule has 2 aromatic heterocycles. The first-order chi connectivity index (χ1) is 15.0. The van der Waals surface area contributed by atoms with Gasteiger partial charge in [0.15, 0.2) is 0 Å². The lowest BCUT2D eigenvalue weighted by Crippen LogP contribution is -2.29. The van der Waals surface area contributed by atoms with Crippen molar-refractivity contribution in [2.45, 2.75) is 32.7 Å². The van der Waals surface area contributed by atoms with Gasteiger partial charge >= 0.3 is 0 Å². The van der Waals surface area contributed by atoms with Crippen molar-refractivity contribution in [1.82, 2.24) is 30.4 Å². The van der Waals surface area contributed by atoms with E-state index in [1.54, 1.807) is 19.1 Å². The van der Waals surface area contributed by atoms with Crippen LogP contribution in [0.15, 0.2) is 48.5 Å². The lowest BCUT2D eigenvalue weighted by atomic mass is 10.1. The number of hydrogen-bond donors (Lipinski definition) is 1. The molecule has 0 aliphatic carbocycles. The highest BCUT2D eigenvalue weighted by Gasteiger charge is 2.25. The molecular weight excluding hydrogens is 417 g/mol. The molecule has 158 valence electrons. The SMILES string of the molecule is Cc1ccc(Cc2nnc(NC(=O)C(Cc3cccc(F)c3)n3nnnc3C)s2)cc1. The number of hydrogen-bond acceptors (Lipinski definition) is 7. The Labute approximate surface area is 182 Å². The molecule has 31 heavy (non-hydrogen) atoms. The summed E-state index contributed by atoms with van der Waals surface area (Å²) in [6.07, 6.45) is 0.858. The van der Waals surface area contributed by atoms with Gasteiger partial charge in [0.1, 0.15) is 22.7 Å². The van der Waals surface area contributed by atoms with Crippen LogP contribution in [-0.2, 0) is 17.6 Å². The van der Waals surface area contributed by atoms with E-state index in [-0.39, 0.29) is 18.1 Å². The number of amides is 1. The van der Waals surface area contributed by atoms with Crippen LogP contribution in [0.1, 0.15) is 33.6 Å². The summed E-state index contributed by atoms with van der Waals surface area (Å²) >= 11 is 1.31. The zero-order chi connectivity index (χ0) is 21.8. The van der Waals surface area contributed by atoms with Gasteiger partial charge in [0, 0.05) is 12.8 Å². The molecule has 0 aliphatic rings. The van der Waals surface area contributed by atoms with Crippen molar-refractivity contribution in [1.29, 1.82) is 0 Å². The Kier molecular flexibility index (Phi) is 6.08. The molecule has 0 bridgehead atoms. The molecule has 2 heterocycles. The first-order valence-corrected chi connectivity index (χ1v) is 10.5. The summed E-state index contributed by atoms with van der Waals surface area (Å²) in [5.41, 5.74) is 2.97. The second kappa shape index (κ2) is 9.09.